The third kappa shape index (κ3) is 32.2. The number of carboxylic acid groups (broad SMARTS) is 1. The van der Waals surface area contributed by atoms with Crippen LogP contribution < -0.4 is 5.32 Å². The summed E-state index contributed by atoms with van der Waals surface area (Å²) in [6.07, 6.45) is 0.235. The van der Waals surface area contributed by atoms with Crippen molar-refractivity contribution in [2.24, 2.45) is 0 Å². The van der Waals surface area contributed by atoms with Gasteiger partial charge >= 0.3 is 11.9 Å². The predicted octanol–water partition coefficient (Wildman–Crippen LogP) is -1.10. The first kappa shape index (κ1) is 37.0. The Kier molecular flexibility index (Phi) is 29.1. The maximum atomic E-state index is 11.3. The van der Waals surface area contributed by atoms with Crippen LogP contribution in [0.2, 0.25) is 0 Å². The van der Waals surface area contributed by atoms with E-state index in [1.807, 2.05) is 0 Å². The van der Waals surface area contributed by atoms with Crippen molar-refractivity contribution in [3.05, 3.63) is 0 Å². The van der Waals surface area contributed by atoms with Gasteiger partial charge in [-0.05, 0) is 0 Å². The molecule has 0 aromatic rings. The van der Waals surface area contributed by atoms with Gasteiger partial charge in [0, 0.05) is 6.54 Å². The van der Waals surface area contributed by atoms with Crippen molar-refractivity contribution in [2.75, 3.05) is 133 Å². The van der Waals surface area contributed by atoms with Crippen molar-refractivity contribution in [1.82, 2.24) is 5.32 Å². The molecule has 0 aromatic heterocycles. The van der Waals surface area contributed by atoms with E-state index in [2.05, 4.69) is 14.8 Å². The van der Waals surface area contributed by atoms with E-state index in [9.17, 15) is 14.4 Å². The normalized spacial score (nSPS) is 11.0. The minimum absolute atomic E-state index is 0.235. The van der Waals surface area contributed by atoms with E-state index in [0.717, 1.165) is 0 Å². The Morgan fingerprint density at radius 2 is 0.872 bits per heavy atom. The summed E-state index contributed by atoms with van der Waals surface area (Å²) < 4.78 is 52.0. The molecule has 0 aromatic carbocycles. The minimum atomic E-state index is -1.13. The largest absolute Gasteiger partial charge is 0.480 e. The summed E-state index contributed by atoms with van der Waals surface area (Å²) in [6, 6.07) is 0. The lowest BCUT2D eigenvalue weighted by Gasteiger charge is -2.09. The number of rotatable bonds is 31. The van der Waals surface area contributed by atoms with Crippen molar-refractivity contribution < 1.29 is 66.9 Å². The fraction of sp³-hybridized carbons (Fsp3) is 0.875. The lowest BCUT2D eigenvalue weighted by atomic mass is 10.5. The van der Waals surface area contributed by atoms with Crippen LogP contribution in [0.4, 0.5) is 0 Å². The van der Waals surface area contributed by atoms with Crippen LogP contribution in [-0.2, 0) is 61.8 Å². The first-order chi connectivity index (χ1) is 19.1. The molecule has 0 unspecified atom stereocenters. The molecular formula is C24H45NO14. The summed E-state index contributed by atoms with van der Waals surface area (Å²) in [6.45, 7) is 6.32. The highest BCUT2D eigenvalue weighted by Gasteiger charge is 2.03. The predicted molar refractivity (Wildman–Crippen MR) is 135 cm³/mol. The molecule has 0 bridgehead atoms. The van der Waals surface area contributed by atoms with Crippen molar-refractivity contribution >= 4 is 17.8 Å². The maximum absolute atomic E-state index is 11.3. The topological polar surface area (TPSA) is 176 Å². The molecular weight excluding hydrogens is 526 g/mol. The Hall–Kier alpha value is -1.95. The number of amides is 1. The second-order valence-electron chi connectivity index (χ2n) is 7.46. The number of esters is 1. The second-order valence-corrected chi connectivity index (χ2v) is 7.46. The highest BCUT2D eigenvalue weighted by atomic mass is 16.6. The number of methoxy groups -OCH3 is 1. The summed E-state index contributed by atoms with van der Waals surface area (Å²) in [7, 11) is 1.34. The molecule has 0 radical (unpaired) electrons. The summed E-state index contributed by atoms with van der Waals surface area (Å²) in [4.78, 5) is 32.5. The Balaban J connectivity index is 3.11. The minimum Gasteiger partial charge on any atom is -0.480 e. The molecule has 1 amide bonds. The number of carbonyl (C=O) groups excluding carboxylic acids is 2. The van der Waals surface area contributed by atoms with E-state index >= 15 is 0 Å². The zero-order chi connectivity index (χ0) is 28.7. The SMILES string of the molecule is COC(=O)CCOCCOCCOCCOCCOCCOCCOCCOCCNC(=O)COCC(=O)O. The van der Waals surface area contributed by atoms with Crippen LogP contribution in [0.15, 0.2) is 0 Å². The number of aliphatic carboxylic acids is 1. The van der Waals surface area contributed by atoms with Gasteiger partial charge in [-0.1, -0.05) is 0 Å². The van der Waals surface area contributed by atoms with Crippen molar-refractivity contribution in [1.29, 1.82) is 0 Å². The molecule has 0 atom stereocenters. The average molecular weight is 572 g/mol. The molecule has 0 saturated heterocycles. The summed E-state index contributed by atoms with van der Waals surface area (Å²) in [5.74, 6) is -1.82. The lowest BCUT2D eigenvalue weighted by molar-refractivity contribution is -0.144. The van der Waals surface area contributed by atoms with Gasteiger partial charge in [0.25, 0.3) is 0 Å². The van der Waals surface area contributed by atoms with Crippen LogP contribution >= 0.6 is 0 Å². The highest BCUT2D eigenvalue weighted by molar-refractivity contribution is 5.77. The highest BCUT2D eigenvalue weighted by Crippen LogP contribution is 1.88. The first-order valence-electron chi connectivity index (χ1n) is 12.8. The van der Waals surface area contributed by atoms with E-state index in [4.69, 9.17) is 43.0 Å². The van der Waals surface area contributed by atoms with Gasteiger partial charge in [0.1, 0.15) is 13.2 Å². The third-order valence-corrected chi connectivity index (χ3v) is 4.31. The van der Waals surface area contributed by atoms with E-state index in [0.29, 0.717) is 112 Å². The Labute approximate surface area is 229 Å². The number of carboxylic acids is 1. The molecule has 15 nitrogen and oxygen atoms in total. The first-order valence-corrected chi connectivity index (χ1v) is 12.8. The Morgan fingerprint density at radius 1 is 0.513 bits per heavy atom. The van der Waals surface area contributed by atoms with Crippen LogP contribution in [0.25, 0.3) is 0 Å². The number of hydrogen-bond donors (Lipinski definition) is 2. The maximum Gasteiger partial charge on any atom is 0.329 e. The molecule has 0 fully saturated rings. The number of carbonyl (C=O) groups is 3. The monoisotopic (exact) mass is 571 g/mol. The summed E-state index contributed by atoms with van der Waals surface area (Å²) in [5, 5.41) is 10.9. The van der Waals surface area contributed by atoms with Crippen molar-refractivity contribution in [3.8, 4) is 0 Å². The van der Waals surface area contributed by atoms with Gasteiger partial charge in [-0.25, -0.2) is 4.79 Å². The van der Waals surface area contributed by atoms with Gasteiger partial charge in [0.2, 0.25) is 5.91 Å². The van der Waals surface area contributed by atoms with Crippen LogP contribution in [0.1, 0.15) is 6.42 Å². The zero-order valence-corrected chi connectivity index (χ0v) is 22.9. The standard InChI is InChI=1S/C24H45NO14/c1-30-24(29)2-4-31-6-8-33-10-12-35-14-16-37-18-19-38-17-15-36-13-11-34-9-7-32-5-3-25-22(26)20-39-21-23(27)28/h2-21H2,1H3,(H,25,26)(H,27,28). The van der Waals surface area contributed by atoms with Crippen molar-refractivity contribution in [3.63, 3.8) is 0 Å². The van der Waals surface area contributed by atoms with Gasteiger partial charge in [0.05, 0.1) is 119 Å². The molecule has 0 aliphatic rings. The number of nitrogens with one attached hydrogen (secondary N) is 1. The summed E-state index contributed by atoms with van der Waals surface area (Å²) in [5.41, 5.74) is 0. The molecule has 0 rings (SSSR count). The molecule has 2 N–H and O–H groups in total. The smallest absolute Gasteiger partial charge is 0.329 e. The molecule has 0 aliphatic heterocycles. The van der Waals surface area contributed by atoms with E-state index in [1.165, 1.54) is 7.11 Å². The van der Waals surface area contributed by atoms with Crippen LogP contribution in [-0.4, -0.2) is 156 Å². The molecule has 39 heavy (non-hydrogen) atoms. The Bertz CT molecular complexity index is 581. The van der Waals surface area contributed by atoms with Gasteiger partial charge < -0.3 is 57.8 Å². The van der Waals surface area contributed by atoms with Crippen LogP contribution in [0.5, 0.6) is 0 Å². The molecule has 15 heteroatoms. The van der Waals surface area contributed by atoms with E-state index in [1.54, 1.807) is 0 Å². The lowest BCUT2D eigenvalue weighted by Crippen LogP contribution is -2.31. The number of hydrogen-bond acceptors (Lipinski definition) is 13. The number of ether oxygens (including phenoxy) is 10. The average Bonchev–Trinajstić information content (AvgIpc) is 2.92. The van der Waals surface area contributed by atoms with Gasteiger partial charge in [0.15, 0.2) is 0 Å². The van der Waals surface area contributed by atoms with Gasteiger partial charge in [-0.2, -0.15) is 0 Å². The van der Waals surface area contributed by atoms with Crippen molar-refractivity contribution in [2.45, 2.75) is 6.42 Å². The second kappa shape index (κ2) is 30.6. The molecule has 0 spiro atoms. The van der Waals surface area contributed by atoms with E-state index in [-0.39, 0.29) is 19.0 Å². The molecule has 0 saturated carbocycles. The summed E-state index contributed by atoms with van der Waals surface area (Å²) >= 11 is 0. The van der Waals surface area contributed by atoms with Crippen LogP contribution in [0, 0.1) is 0 Å². The van der Waals surface area contributed by atoms with Gasteiger partial charge in [-0.15, -0.1) is 0 Å². The van der Waals surface area contributed by atoms with E-state index < -0.39 is 18.5 Å². The Morgan fingerprint density at radius 3 is 1.23 bits per heavy atom. The quantitative estimate of drug-likeness (QED) is 0.0757. The molecule has 0 aliphatic carbocycles. The third-order valence-electron chi connectivity index (χ3n) is 4.31. The van der Waals surface area contributed by atoms with Crippen LogP contribution in [0.3, 0.4) is 0 Å². The molecule has 0 heterocycles. The fourth-order valence-corrected chi connectivity index (χ4v) is 2.44. The zero-order valence-electron chi connectivity index (χ0n) is 22.9. The fourth-order valence-electron chi connectivity index (χ4n) is 2.44. The van der Waals surface area contributed by atoms with Gasteiger partial charge in [-0.3, -0.25) is 9.59 Å². The molecule has 230 valence electrons.